The molecule has 3 aliphatic heterocycles. The molecule has 50 heavy (non-hydrogen) atoms. The molecule has 3 aromatic rings. The molecule has 2 aromatic carbocycles. The van der Waals surface area contributed by atoms with Gasteiger partial charge < -0.3 is 29.7 Å². The molecule has 3 amide bonds. The first-order chi connectivity index (χ1) is 24.1. The summed E-state index contributed by atoms with van der Waals surface area (Å²) in [4.78, 5) is 58.4. The van der Waals surface area contributed by atoms with Crippen molar-refractivity contribution in [3.8, 4) is 0 Å². The van der Waals surface area contributed by atoms with Crippen LogP contribution in [0.4, 0.5) is 0 Å². The number of ether oxygens (including phenoxy) is 2. The lowest BCUT2D eigenvalue weighted by atomic mass is 9.70. The maximum Gasteiger partial charge on any atom is 0.313 e. The third kappa shape index (κ3) is 6.35. The number of para-hydroxylation sites is 1. The van der Waals surface area contributed by atoms with Crippen molar-refractivity contribution in [3.63, 3.8) is 0 Å². The van der Waals surface area contributed by atoms with Crippen LogP contribution in [0.25, 0.3) is 11.0 Å². The van der Waals surface area contributed by atoms with Gasteiger partial charge in [-0.05, 0) is 37.5 Å². The minimum Gasteiger partial charge on any atom is -0.455 e. The number of nitrogens with one attached hydrogen (secondary N) is 1. The number of fused-ring (bicyclic) bond motifs is 2. The van der Waals surface area contributed by atoms with E-state index in [2.05, 4.69) is 44.7 Å². The largest absolute Gasteiger partial charge is 0.455 e. The summed E-state index contributed by atoms with van der Waals surface area (Å²) in [5.74, 6) is -3.88. The summed E-state index contributed by atoms with van der Waals surface area (Å²) >= 11 is 3.69. The van der Waals surface area contributed by atoms with Gasteiger partial charge in [0, 0.05) is 24.3 Å². The molecule has 3 saturated heterocycles. The van der Waals surface area contributed by atoms with Crippen molar-refractivity contribution < 1.29 is 33.8 Å². The number of carbonyl (C=O) groups is 4. The third-order valence-electron chi connectivity index (χ3n) is 9.81. The summed E-state index contributed by atoms with van der Waals surface area (Å²) in [7, 11) is 0. The second kappa shape index (κ2) is 14.8. The van der Waals surface area contributed by atoms with Crippen LogP contribution in [0.3, 0.4) is 0 Å². The number of aromatic nitrogens is 3. The van der Waals surface area contributed by atoms with E-state index in [0.717, 1.165) is 5.52 Å². The summed E-state index contributed by atoms with van der Waals surface area (Å²) in [6.07, 6.45) is 2.62. The first-order valence-corrected chi connectivity index (χ1v) is 17.6. The van der Waals surface area contributed by atoms with Crippen molar-refractivity contribution in [2.75, 3.05) is 19.7 Å². The summed E-state index contributed by atoms with van der Waals surface area (Å²) in [6.45, 7) is 8.88. The third-order valence-corrected chi connectivity index (χ3v) is 10.7. The van der Waals surface area contributed by atoms with Crippen LogP contribution in [0.1, 0.15) is 37.9 Å². The smallest absolute Gasteiger partial charge is 0.313 e. The number of aliphatic hydroxyl groups excluding tert-OH is 1. The molecule has 3 fully saturated rings. The highest BCUT2D eigenvalue weighted by molar-refractivity contribution is 9.09. The molecule has 0 radical (unpaired) electrons. The van der Waals surface area contributed by atoms with Crippen molar-refractivity contribution in [3.05, 3.63) is 85.5 Å². The van der Waals surface area contributed by atoms with E-state index >= 15 is 0 Å². The number of halogens is 1. The fraction of sp³-hybridized carbons (Fsp3) is 0.444. The average molecular weight is 750 g/mol. The summed E-state index contributed by atoms with van der Waals surface area (Å²) in [5, 5.41) is 21.4. The van der Waals surface area contributed by atoms with Crippen LogP contribution < -0.4 is 5.32 Å². The number of esters is 1. The van der Waals surface area contributed by atoms with E-state index in [9.17, 15) is 24.3 Å². The number of allylic oxidation sites excluding steroid dienone is 1. The summed E-state index contributed by atoms with van der Waals surface area (Å²) in [6, 6.07) is 14.7. The maximum atomic E-state index is 14.7. The van der Waals surface area contributed by atoms with E-state index < -0.39 is 66.1 Å². The number of β-amino-alcohol motifs (C(OH)–C–C–N with tert-alkyl or cyclic N) is 1. The Morgan fingerprint density at radius 1 is 1.18 bits per heavy atom. The molecule has 1 unspecified atom stereocenters. The monoisotopic (exact) mass is 748 g/mol. The molecule has 0 aliphatic carbocycles. The molecule has 1 spiro atoms. The van der Waals surface area contributed by atoms with Crippen LogP contribution in [0.15, 0.2) is 79.9 Å². The number of nitrogens with zero attached hydrogens (tertiary/aromatic N) is 5. The fourth-order valence-electron chi connectivity index (χ4n) is 7.70. The van der Waals surface area contributed by atoms with Gasteiger partial charge in [-0.2, -0.15) is 0 Å². The Morgan fingerprint density at radius 3 is 2.64 bits per heavy atom. The Morgan fingerprint density at radius 2 is 1.92 bits per heavy atom. The first-order valence-electron chi connectivity index (χ1n) is 16.7. The van der Waals surface area contributed by atoms with Crippen LogP contribution in [-0.4, -0.2) is 102 Å². The van der Waals surface area contributed by atoms with Gasteiger partial charge in [0.1, 0.15) is 29.9 Å². The van der Waals surface area contributed by atoms with Gasteiger partial charge in [-0.3, -0.25) is 19.2 Å². The molecule has 8 atom stereocenters. The number of hydrogen-bond acceptors (Lipinski definition) is 9. The van der Waals surface area contributed by atoms with Gasteiger partial charge >= 0.3 is 5.97 Å². The minimum atomic E-state index is -1.37. The zero-order chi connectivity index (χ0) is 35.6. The minimum absolute atomic E-state index is 0.0194. The number of carbonyl (C=O) groups excluding carboxylic acids is 4. The molecule has 13 nitrogen and oxygen atoms in total. The van der Waals surface area contributed by atoms with Gasteiger partial charge in [0.25, 0.3) is 0 Å². The number of amides is 3. The van der Waals surface area contributed by atoms with Crippen molar-refractivity contribution >= 4 is 50.7 Å². The van der Waals surface area contributed by atoms with Crippen LogP contribution in [0, 0.1) is 11.8 Å². The van der Waals surface area contributed by atoms with Crippen molar-refractivity contribution in [1.82, 2.24) is 30.1 Å². The molecule has 2 N–H and O–H groups in total. The van der Waals surface area contributed by atoms with E-state index in [0.29, 0.717) is 17.5 Å². The molecule has 6 rings (SSSR count). The lowest BCUT2D eigenvalue weighted by Gasteiger charge is -2.37. The highest BCUT2D eigenvalue weighted by atomic mass is 79.9. The van der Waals surface area contributed by atoms with Gasteiger partial charge in [-0.1, -0.05) is 75.8 Å². The zero-order valence-corrected chi connectivity index (χ0v) is 29.4. The van der Waals surface area contributed by atoms with Gasteiger partial charge in [0.2, 0.25) is 17.7 Å². The van der Waals surface area contributed by atoms with Crippen LogP contribution in [0.5, 0.6) is 0 Å². The standard InChI is InChI=1S/C36H41BrN6O7/c1-4-6-16-27(45)38-22(3)30(23-12-8-7-9-13-23)49-35(48)28-29-33(46)42(18-19-44)32(36(29)20-24(37)31(28)50-36)34(47)41(17-5-2)21-43-26-15-11-10-14-25(26)39-40-43/h4-5,7-15,22,24,28-32,44H,1-2,6,16-21H2,3H3,(H,38,45)/t22-,24?,28+,29-,30-,31+,32+,36-/m1/s1. The molecule has 264 valence electrons. The highest BCUT2D eigenvalue weighted by Crippen LogP contribution is 2.60. The molecule has 4 heterocycles. The first kappa shape index (κ1) is 35.4. The number of likely N-dealkylation sites (tertiary alicyclic amines) is 1. The van der Waals surface area contributed by atoms with E-state index in [4.69, 9.17) is 9.47 Å². The van der Waals surface area contributed by atoms with Gasteiger partial charge in [-0.25, -0.2) is 4.68 Å². The topological polar surface area (TPSA) is 156 Å². The maximum absolute atomic E-state index is 14.7. The number of rotatable bonds is 15. The molecule has 3 aliphatic rings. The summed E-state index contributed by atoms with van der Waals surface area (Å²) < 4.78 is 14.4. The van der Waals surface area contributed by atoms with E-state index in [1.54, 1.807) is 35.9 Å². The van der Waals surface area contributed by atoms with Crippen LogP contribution in [0.2, 0.25) is 0 Å². The SMILES string of the molecule is C=CCCC(=O)N[C@H](C)[C@@H](OC(=O)[C@@H]1[C@H]2O[C@@]3(CC2Br)[C@H](C(=O)N(CC=C)Cn2nnc4ccccc42)N(CCO)C(=O)[C@@H]13)c1ccccc1. The normalized spacial score (nSPS) is 26.3. The van der Waals surface area contributed by atoms with E-state index in [1.165, 1.54) is 9.80 Å². The highest BCUT2D eigenvalue weighted by Gasteiger charge is 2.77. The second-order valence-corrected chi connectivity index (χ2v) is 14.1. The number of hydrogen-bond donors (Lipinski definition) is 2. The van der Waals surface area contributed by atoms with Gasteiger partial charge in [0.05, 0.1) is 36.1 Å². The Bertz CT molecular complexity index is 1770. The molecule has 1 aromatic heterocycles. The molecule has 2 bridgehead atoms. The number of benzene rings is 2. The summed E-state index contributed by atoms with van der Waals surface area (Å²) in [5.41, 5.74) is 0.680. The van der Waals surface area contributed by atoms with Crippen molar-refractivity contribution in [2.45, 2.75) is 67.6 Å². The Balaban J connectivity index is 1.31. The predicted molar refractivity (Wildman–Crippen MR) is 186 cm³/mol. The van der Waals surface area contributed by atoms with E-state index in [1.807, 2.05) is 42.5 Å². The molecule has 14 heteroatoms. The number of aliphatic hydroxyl groups is 1. The zero-order valence-electron chi connectivity index (χ0n) is 27.8. The molecule has 0 saturated carbocycles. The molecular weight excluding hydrogens is 708 g/mol. The van der Waals surface area contributed by atoms with Crippen molar-refractivity contribution in [1.29, 1.82) is 0 Å². The molecular formula is C36H41BrN6O7. The van der Waals surface area contributed by atoms with Gasteiger partial charge in [-0.15, -0.1) is 18.3 Å². The second-order valence-electron chi connectivity index (χ2n) is 12.9. The average Bonchev–Trinajstić information content (AvgIpc) is 3.83. The Labute approximate surface area is 298 Å². The van der Waals surface area contributed by atoms with Crippen molar-refractivity contribution in [2.24, 2.45) is 11.8 Å². The quantitative estimate of drug-likeness (QED) is 0.136. The fourth-order valence-corrected chi connectivity index (χ4v) is 8.64. The van der Waals surface area contributed by atoms with Crippen LogP contribution in [-0.2, 0) is 35.3 Å². The lowest BCUT2D eigenvalue weighted by molar-refractivity contribution is -0.162. The Hall–Kier alpha value is -4.40. The predicted octanol–water partition coefficient (Wildman–Crippen LogP) is 2.90. The number of alkyl halides is 1. The van der Waals surface area contributed by atoms with E-state index in [-0.39, 0.29) is 43.3 Å². The Kier molecular flexibility index (Phi) is 10.5. The van der Waals surface area contributed by atoms with Crippen LogP contribution >= 0.6 is 15.9 Å². The lowest BCUT2D eigenvalue weighted by Crippen LogP contribution is -2.57. The van der Waals surface area contributed by atoms with Gasteiger partial charge in [0.15, 0.2) is 0 Å².